The van der Waals surface area contributed by atoms with Crippen LogP contribution in [0.3, 0.4) is 0 Å². The van der Waals surface area contributed by atoms with E-state index in [4.69, 9.17) is 45.8 Å². The molecule has 0 aliphatic rings. The lowest BCUT2D eigenvalue weighted by molar-refractivity contribution is 0.729. The molecule has 0 aromatic heterocycles. The lowest BCUT2D eigenvalue weighted by Gasteiger charge is -2.18. The van der Waals surface area contributed by atoms with Gasteiger partial charge in [0, 0.05) is 11.4 Å². The van der Waals surface area contributed by atoms with Crippen molar-refractivity contribution in [2.45, 2.75) is 18.3 Å². The van der Waals surface area contributed by atoms with Gasteiger partial charge >= 0.3 is 0 Å². The van der Waals surface area contributed by atoms with Crippen molar-refractivity contribution in [2.24, 2.45) is 5.73 Å². The maximum atomic E-state index is 7.62. The Morgan fingerprint density at radius 2 is 2.06 bits per heavy atom. The maximum absolute atomic E-state index is 7.62. The summed E-state index contributed by atoms with van der Waals surface area (Å²) >= 11 is 17.2. The fourth-order valence-electron chi connectivity index (χ4n) is 0.824. The lowest BCUT2D eigenvalue weighted by Crippen LogP contribution is -2.31. The van der Waals surface area contributed by atoms with Gasteiger partial charge in [0.1, 0.15) is 5.00 Å². The Morgan fingerprint density at radius 1 is 1.50 bits per heavy atom. The summed E-state index contributed by atoms with van der Waals surface area (Å²) in [5.74, 6) is 0.148. The predicted molar refractivity (Wildman–Crippen MR) is 69.8 cm³/mol. The number of hydrogen-bond acceptors (Lipinski definition) is 2. The Hall–Kier alpha value is -0.460. The molecular formula is C11H13Cl3N2. The van der Waals surface area contributed by atoms with E-state index in [2.05, 4.69) is 0 Å². The van der Waals surface area contributed by atoms with Crippen LogP contribution in [-0.4, -0.2) is 5.88 Å². The predicted octanol–water partition coefficient (Wildman–Crippen LogP) is 3.85. The summed E-state index contributed by atoms with van der Waals surface area (Å²) in [7, 11) is 0. The Balaban J connectivity index is 0.000000487. The molecule has 1 aromatic carbocycles. The first-order valence-electron chi connectivity index (χ1n) is 4.64. The highest BCUT2D eigenvalue weighted by atomic mass is 35.5. The highest BCUT2D eigenvalue weighted by molar-refractivity contribution is 6.32. The standard InChI is InChI=1S/C8H8Cl3N.C3H5N/c9-5-8(11,12)6-2-1-3-7(10)4-6;1-2-3-4/h1-4H,5,12H2;2H2,1H3. The minimum Gasteiger partial charge on any atom is -0.308 e. The van der Waals surface area contributed by atoms with Crippen LogP contribution in [0.25, 0.3) is 0 Å². The third kappa shape index (κ3) is 5.58. The lowest BCUT2D eigenvalue weighted by atomic mass is 10.1. The van der Waals surface area contributed by atoms with Gasteiger partial charge in [0.25, 0.3) is 0 Å². The van der Waals surface area contributed by atoms with E-state index in [-0.39, 0.29) is 5.88 Å². The molecule has 0 aliphatic carbocycles. The van der Waals surface area contributed by atoms with Gasteiger partial charge in [-0.05, 0) is 17.7 Å². The fraction of sp³-hybridized carbons (Fsp3) is 0.364. The van der Waals surface area contributed by atoms with E-state index in [9.17, 15) is 0 Å². The maximum Gasteiger partial charge on any atom is 0.130 e. The number of alkyl halides is 2. The molecule has 2 N–H and O–H groups in total. The van der Waals surface area contributed by atoms with Gasteiger partial charge in [-0.3, -0.25) is 0 Å². The topological polar surface area (TPSA) is 49.8 Å². The van der Waals surface area contributed by atoms with Crippen LogP contribution in [0.4, 0.5) is 0 Å². The number of nitrogens with two attached hydrogens (primary N) is 1. The number of nitriles is 1. The van der Waals surface area contributed by atoms with Gasteiger partial charge in [0.15, 0.2) is 0 Å². The van der Waals surface area contributed by atoms with Crippen LogP contribution in [0.5, 0.6) is 0 Å². The molecule has 0 bridgehead atoms. The largest absolute Gasteiger partial charge is 0.308 e. The summed E-state index contributed by atoms with van der Waals surface area (Å²) in [6.07, 6.45) is 0.625. The van der Waals surface area contributed by atoms with Crippen molar-refractivity contribution in [3.8, 4) is 6.07 Å². The molecule has 16 heavy (non-hydrogen) atoms. The van der Waals surface area contributed by atoms with Gasteiger partial charge < -0.3 is 5.73 Å². The highest BCUT2D eigenvalue weighted by Gasteiger charge is 2.22. The van der Waals surface area contributed by atoms with Gasteiger partial charge in [0.2, 0.25) is 0 Å². The zero-order chi connectivity index (χ0) is 12.6. The molecule has 0 fully saturated rings. The first-order valence-corrected chi connectivity index (χ1v) is 5.93. The van der Waals surface area contributed by atoms with Crippen LogP contribution < -0.4 is 5.73 Å². The molecule has 2 nitrogen and oxygen atoms in total. The van der Waals surface area contributed by atoms with Crippen LogP contribution in [0.2, 0.25) is 5.02 Å². The van der Waals surface area contributed by atoms with E-state index >= 15 is 0 Å². The Bertz CT molecular complexity index is 358. The van der Waals surface area contributed by atoms with Crippen molar-refractivity contribution in [1.82, 2.24) is 0 Å². The minimum atomic E-state index is -1.02. The van der Waals surface area contributed by atoms with E-state index in [1.165, 1.54) is 0 Å². The van der Waals surface area contributed by atoms with E-state index in [0.29, 0.717) is 11.4 Å². The molecule has 1 unspecified atom stereocenters. The summed E-state index contributed by atoms with van der Waals surface area (Å²) in [6.45, 7) is 1.82. The van der Waals surface area contributed by atoms with Crippen LogP contribution in [0.1, 0.15) is 18.9 Å². The minimum absolute atomic E-state index is 0.148. The van der Waals surface area contributed by atoms with E-state index in [1.807, 2.05) is 13.0 Å². The van der Waals surface area contributed by atoms with E-state index < -0.39 is 5.00 Å². The number of hydrogen-bond donors (Lipinski definition) is 1. The molecule has 88 valence electrons. The second-order valence-corrected chi connectivity index (χ2v) is 4.40. The molecule has 0 saturated carbocycles. The van der Waals surface area contributed by atoms with Crippen molar-refractivity contribution in [3.05, 3.63) is 34.9 Å². The molecule has 1 atom stereocenters. The highest BCUT2D eigenvalue weighted by Crippen LogP contribution is 2.26. The molecular weight excluding hydrogens is 266 g/mol. The SMILES string of the molecule is CCC#N.NC(Cl)(CCl)c1cccc(Cl)c1. The average molecular weight is 280 g/mol. The molecule has 0 amide bonds. The molecule has 1 rings (SSSR count). The van der Waals surface area contributed by atoms with E-state index in [0.717, 1.165) is 5.56 Å². The Morgan fingerprint density at radius 3 is 2.44 bits per heavy atom. The van der Waals surface area contributed by atoms with Crippen molar-refractivity contribution >= 4 is 34.8 Å². The summed E-state index contributed by atoms with van der Waals surface area (Å²) in [5, 5.41) is 8.23. The average Bonchev–Trinajstić information content (AvgIpc) is 2.29. The zero-order valence-corrected chi connectivity index (χ0v) is 11.1. The van der Waals surface area contributed by atoms with Crippen LogP contribution in [0.15, 0.2) is 24.3 Å². The second kappa shape index (κ2) is 7.76. The van der Waals surface area contributed by atoms with Gasteiger partial charge in [-0.15, -0.1) is 11.6 Å². The molecule has 0 radical (unpaired) electrons. The van der Waals surface area contributed by atoms with Crippen LogP contribution in [0, 0.1) is 11.3 Å². The summed E-state index contributed by atoms with van der Waals surface area (Å²) in [5.41, 5.74) is 6.41. The number of benzene rings is 1. The van der Waals surface area contributed by atoms with Crippen LogP contribution >= 0.6 is 34.8 Å². The number of halogens is 3. The van der Waals surface area contributed by atoms with E-state index in [1.54, 1.807) is 24.3 Å². The molecule has 0 aliphatic heterocycles. The molecule has 0 heterocycles. The Labute approximate surface area is 111 Å². The van der Waals surface area contributed by atoms with Gasteiger partial charge in [-0.25, -0.2) is 0 Å². The van der Waals surface area contributed by atoms with Gasteiger partial charge in [0.05, 0.1) is 11.9 Å². The first-order chi connectivity index (χ1) is 7.47. The van der Waals surface area contributed by atoms with Crippen molar-refractivity contribution in [2.75, 3.05) is 5.88 Å². The zero-order valence-electron chi connectivity index (χ0n) is 8.88. The quantitative estimate of drug-likeness (QED) is 0.660. The van der Waals surface area contributed by atoms with Gasteiger partial charge in [-0.1, -0.05) is 42.3 Å². The smallest absolute Gasteiger partial charge is 0.130 e. The van der Waals surface area contributed by atoms with Crippen molar-refractivity contribution in [1.29, 1.82) is 5.26 Å². The van der Waals surface area contributed by atoms with Crippen molar-refractivity contribution in [3.63, 3.8) is 0 Å². The summed E-state index contributed by atoms with van der Waals surface area (Å²) < 4.78 is 0. The summed E-state index contributed by atoms with van der Waals surface area (Å²) in [6, 6.07) is 8.97. The Kier molecular flexibility index (Phi) is 7.53. The first kappa shape index (κ1) is 15.5. The number of nitrogens with zero attached hydrogens (tertiary/aromatic N) is 1. The molecule has 0 spiro atoms. The third-order valence-corrected chi connectivity index (χ3v) is 2.80. The monoisotopic (exact) mass is 278 g/mol. The number of rotatable bonds is 2. The van der Waals surface area contributed by atoms with Gasteiger partial charge in [-0.2, -0.15) is 5.26 Å². The normalized spacial score (nSPS) is 13.0. The second-order valence-electron chi connectivity index (χ2n) is 3.02. The van der Waals surface area contributed by atoms with Crippen molar-refractivity contribution < 1.29 is 0 Å². The summed E-state index contributed by atoms with van der Waals surface area (Å²) in [4.78, 5) is -1.02. The molecule has 5 heteroatoms. The fourth-order valence-corrected chi connectivity index (χ4v) is 1.29. The molecule has 0 saturated heterocycles. The molecule has 1 aromatic rings. The van der Waals surface area contributed by atoms with Crippen LogP contribution in [-0.2, 0) is 5.00 Å². The third-order valence-electron chi connectivity index (χ3n) is 1.66.